The normalized spacial score (nSPS) is 21.2. The van der Waals surface area contributed by atoms with Gasteiger partial charge in [0.25, 0.3) is 0 Å². The summed E-state index contributed by atoms with van der Waals surface area (Å²) in [6, 6.07) is 0. The topological polar surface area (TPSA) is 69.6 Å². The second-order valence-corrected chi connectivity index (χ2v) is 4.14. The van der Waals surface area contributed by atoms with Crippen LogP contribution in [-0.2, 0) is 4.79 Å². The Balaban J connectivity index is 2.36. The van der Waals surface area contributed by atoms with Gasteiger partial charge in [0.05, 0.1) is 5.60 Å². The van der Waals surface area contributed by atoms with Crippen molar-refractivity contribution in [3.63, 3.8) is 0 Å². The van der Waals surface area contributed by atoms with Crippen molar-refractivity contribution < 1.29 is 28.2 Å². The van der Waals surface area contributed by atoms with Gasteiger partial charge < -0.3 is 15.5 Å². The summed E-state index contributed by atoms with van der Waals surface area (Å²) in [6.07, 6.45) is -2.83. The minimum Gasteiger partial charge on any atom is -0.481 e. The number of carboxylic acids is 1. The minimum atomic E-state index is -4.76. The number of hydrogen-bond donors (Lipinski definition) is 3. The molecule has 0 bridgehead atoms. The van der Waals surface area contributed by atoms with Crippen molar-refractivity contribution in [3.05, 3.63) is 0 Å². The lowest BCUT2D eigenvalue weighted by molar-refractivity contribution is -0.192. The minimum absolute atomic E-state index is 0.00681. The zero-order chi connectivity index (χ0) is 12.4. The average Bonchev–Trinajstić information content (AvgIpc) is 2.06. The molecule has 1 rings (SSSR count). The van der Waals surface area contributed by atoms with Crippen molar-refractivity contribution in [3.8, 4) is 0 Å². The van der Waals surface area contributed by atoms with E-state index >= 15 is 0 Å². The molecule has 0 aromatic heterocycles. The third-order valence-corrected chi connectivity index (χ3v) is 2.78. The standard InChI is InChI=1S/C9H14F3NO3/c10-9(11,12)6(7(14)15)4-13-5-8(16)2-1-3-8/h6,13,16H,1-5H2,(H,14,15). The van der Waals surface area contributed by atoms with Crippen molar-refractivity contribution in [2.24, 2.45) is 5.92 Å². The third kappa shape index (κ3) is 3.34. The van der Waals surface area contributed by atoms with Gasteiger partial charge in [-0.05, 0) is 19.3 Å². The van der Waals surface area contributed by atoms with E-state index in [4.69, 9.17) is 5.11 Å². The molecule has 0 aromatic carbocycles. The van der Waals surface area contributed by atoms with Gasteiger partial charge in [0.15, 0.2) is 5.92 Å². The molecule has 1 aliphatic rings. The van der Waals surface area contributed by atoms with E-state index in [1.54, 1.807) is 0 Å². The van der Waals surface area contributed by atoms with Crippen LogP contribution in [0.4, 0.5) is 13.2 Å². The van der Waals surface area contributed by atoms with Crippen LogP contribution in [0.15, 0.2) is 0 Å². The number of nitrogens with one attached hydrogen (secondary N) is 1. The molecule has 0 saturated heterocycles. The number of halogens is 3. The highest BCUT2D eigenvalue weighted by Crippen LogP contribution is 2.31. The van der Waals surface area contributed by atoms with Gasteiger partial charge in [-0.2, -0.15) is 13.2 Å². The number of hydrogen-bond acceptors (Lipinski definition) is 3. The molecule has 0 aromatic rings. The first-order chi connectivity index (χ1) is 7.25. The number of aliphatic hydroxyl groups is 1. The van der Waals surface area contributed by atoms with Gasteiger partial charge in [0, 0.05) is 13.1 Å². The molecule has 1 fully saturated rings. The van der Waals surface area contributed by atoms with Crippen LogP contribution in [0, 0.1) is 5.92 Å². The smallest absolute Gasteiger partial charge is 0.403 e. The van der Waals surface area contributed by atoms with E-state index in [2.05, 4.69) is 5.32 Å². The fourth-order valence-corrected chi connectivity index (χ4v) is 1.55. The third-order valence-electron chi connectivity index (χ3n) is 2.78. The largest absolute Gasteiger partial charge is 0.481 e. The summed E-state index contributed by atoms with van der Waals surface area (Å²) in [4.78, 5) is 10.4. The first-order valence-corrected chi connectivity index (χ1v) is 4.97. The van der Waals surface area contributed by atoms with Crippen molar-refractivity contribution in [2.75, 3.05) is 13.1 Å². The Morgan fingerprint density at radius 2 is 2.00 bits per heavy atom. The second-order valence-electron chi connectivity index (χ2n) is 4.14. The van der Waals surface area contributed by atoms with E-state index < -0.39 is 30.2 Å². The number of rotatable bonds is 5. The maximum Gasteiger partial charge on any atom is 0.403 e. The van der Waals surface area contributed by atoms with E-state index in [1.807, 2.05) is 0 Å². The Hall–Kier alpha value is -0.820. The van der Waals surface area contributed by atoms with Crippen LogP contribution in [0.5, 0.6) is 0 Å². The molecule has 4 nitrogen and oxygen atoms in total. The van der Waals surface area contributed by atoms with Gasteiger partial charge in [-0.25, -0.2) is 0 Å². The fourth-order valence-electron chi connectivity index (χ4n) is 1.55. The number of aliphatic carboxylic acids is 1. The maximum atomic E-state index is 12.2. The Labute approximate surface area is 90.4 Å². The van der Waals surface area contributed by atoms with Crippen LogP contribution in [0.1, 0.15) is 19.3 Å². The maximum absolute atomic E-state index is 12.2. The molecule has 94 valence electrons. The van der Waals surface area contributed by atoms with Crippen molar-refractivity contribution in [2.45, 2.75) is 31.0 Å². The monoisotopic (exact) mass is 241 g/mol. The van der Waals surface area contributed by atoms with Crippen molar-refractivity contribution in [1.29, 1.82) is 0 Å². The lowest BCUT2D eigenvalue weighted by Crippen LogP contribution is -2.49. The molecule has 0 amide bonds. The zero-order valence-electron chi connectivity index (χ0n) is 8.55. The molecule has 1 atom stereocenters. The van der Waals surface area contributed by atoms with Crippen LogP contribution >= 0.6 is 0 Å². The SMILES string of the molecule is O=C(O)C(CNCC1(O)CCC1)C(F)(F)F. The quantitative estimate of drug-likeness (QED) is 0.664. The van der Waals surface area contributed by atoms with Crippen molar-refractivity contribution in [1.82, 2.24) is 5.32 Å². The van der Waals surface area contributed by atoms with Gasteiger partial charge in [0.2, 0.25) is 0 Å². The molecule has 1 unspecified atom stereocenters. The van der Waals surface area contributed by atoms with Crippen LogP contribution in [-0.4, -0.2) is 41.0 Å². The van der Waals surface area contributed by atoms with Crippen LogP contribution < -0.4 is 5.32 Å². The molecule has 1 aliphatic carbocycles. The summed E-state index contributed by atoms with van der Waals surface area (Å²) in [7, 11) is 0. The molecule has 0 radical (unpaired) electrons. The Bertz CT molecular complexity index is 263. The summed E-state index contributed by atoms with van der Waals surface area (Å²) in [5.74, 6) is -4.32. The average molecular weight is 241 g/mol. The van der Waals surface area contributed by atoms with E-state index in [0.29, 0.717) is 12.8 Å². The van der Waals surface area contributed by atoms with Crippen molar-refractivity contribution >= 4 is 5.97 Å². The zero-order valence-corrected chi connectivity index (χ0v) is 8.55. The molecule has 16 heavy (non-hydrogen) atoms. The molecular weight excluding hydrogens is 227 g/mol. The molecule has 7 heteroatoms. The lowest BCUT2D eigenvalue weighted by atomic mass is 9.80. The first-order valence-electron chi connectivity index (χ1n) is 4.97. The molecule has 3 N–H and O–H groups in total. The molecule has 0 heterocycles. The summed E-state index contributed by atoms with van der Waals surface area (Å²) in [6.45, 7) is -0.700. The van der Waals surface area contributed by atoms with E-state index in [0.717, 1.165) is 6.42 Å². The number of carbonyl (C=O) groups is 1. The van der Waals surface area contributed by atoms with Gasteiger partial charge >= 0.3 is 12.1 Å². The first kappa shape index (κ1) is 13.2. The van der Waals surface area contributed by atoms with Crippen LogP contribution in [0.25, 0.3) is 0 Å². The Morgan fingerprint density at radius 3 is 2.31 bits per heavy atom. The fraction of sp³-hybridized carbons (Fsp3) is 0.889. The van der Waals surface area contributed by atoms with Gasteiger partial charge in [-0.1, -0.05) is 0 Å². The highest BCUT2D eigenvalue weighted by atomic mass is 19.4. The summed E-state index contributed by atoms with van der Waals surface area (Å²) >= 11 is 0. The highest BCUT2D eigenvalue weighted by Gasteiger charge is 2.45. The predicted octanol–water partition coefficient (Wildman–Crippen LogP) is 0.754. The molecular formula is C9H14F3NO3. The summed E-state index contributed by atoms with van der Waals surface area (Å²) in [5, 5.41) is 20.3. The van der Waals surface area contributed by atoms with Gasteiger partial charge in [-0.3, -0.25) is 4.79 Å². The van der Waals surface area contributed by atoms with E-state index in [1.165, 1.54) is 0 Å². The predicted molar refractivity (Wildman–Crippen MR) is 48.9 cm³/mol. The molecule has 1 saturated carbocycles. The summed E-state index contributed by atoms with van der Waals surface area (Å²) < 4.78 is 36.6. The van der Waals surface area contributed by atoms with E-state index in [9.17, 15) is 23.1 Å². The Morgan fingerprint density at radius 1 is 1.44 bits per heavy atom. The second kappa shape index (κ2) is 4.58. The summed E-state index contributed by atoms with van der Waals surface area (Å²) in [5.41, 5.74) is -0.950. The highest BCUT2D eigenvalue weighted by molar-refractivity contribution is 5.71. The van der Waals surface area contributed by atoms with Gasteiger partial charge in [0.1, 0.15) is 0 Å². The van der Waals surface area contributed by atoms with Gasteiger partial charge in [-0.15, -0.1) is 0 Å². The van der Waals surface area contributed by atoms with Crippen LogP contribution in [0.3, 0.4) is 0 Å². The Kier molecular flexibility index (Phi) is 3.80. The number of carboxylic acid groups (broad SMARTS) is 1. The molecule has 0 aliphatic heterocycles. The molecule has 0 spiro atoms. The van der Waals surface area contributed by atoms with Crippen LogP contribution in [0.2, 0.25) is 0 Å². The lowest BCUT2D eigenvalue weighted by Gasteiger charge is -2.37. The van der Waals surface area contributed by atoms with E-state index in [-0.39, 0.29) is 6.54 Å². The number of alkyl halides is 3.